The van der Waals surface area contributed by atoms with Crippen LogP contribution >= 0.6 is 0 Å². The highest BCUT2D eigenvalue weighted by atomic mass is 15.0. The summed E-state index contributed by atoms with van der Waals surface area (Å²) < 4.78 is 2.03. The summed E-state index contributed by atoms with van der Waals surface area (Å²) in [6.07, 6.45) is 11.1. The number of imidazole rings is 1. The largest absolute Gasteiger partial charge is 0.361 e. The van der Waals surface area contributed by atoms with Crippen LogP contribution in [0.1, 0.15) is 0 Å². The number of hydrogen-bond donors (Lipinski definition) is 1. The maximum atomic E-state index is 4.14. The summed E-state index contributed by atoms with van der Waals surface area (Å²) in [6.45, 7) is 0. The molecule has 0 atom stereocenters. The molecule has 4 aromatic rings. The SMILES string of the molecule is c1cc(-c2cc3[nH]ccc3cc2-n2ccnc2)ccn1. The van der Waals surface area contributed by atoms with Crippen LogP contribution in [0, 0.1) is 0 Å². The molecule has 4 rings (SSSR count). The highest BCUT2D eigenvalue weighted by Crippen LogP contribution is 2.30. The van der Waals surface area contributed by atoms with Gasteiger partial charge in [0.05, 0.1) is 12.0 Å². The quantitative estimate of drug-likeness (QED) is 0.600. The van der Waals surface area contributed by atoms with Gasteiger partial charge in [-0.2, -0.15) is 0 Å². The van der Waals surface area contributed by atoms with Crippen molar-refractivity contribution in [3.8, 4) is 16.8 Å². The first kappa shape index (κ1) is 11.0. The van der Waals surface area contributed by atoms with Gasteiger partial charge >= 0.3 is 0 Å². The number of fused-ring (bicyclic) bond motifs is 1. The number of nitrogens with zero attached hydrogens (tertiary/aromatic N) is 3. The van der Waals surface area contributed by atoms with Gasteiger partial charge in [0.25, 0.3) is 0 Å². The lowest BCUT2D eigenvalue weighted by atomic mass is 10.0. The Morgan fingerprint density at radius 2 is 1.85 bits per heavy atom. The molecule has 0 saturated heterocycles. The molecule has 3 heterocycles. The molecular weight excluding hydrogens is 248 g/mol. The molecule has 0 aliphatic rings. The third-order valence-electron chi connectivity index (χ3n) is 3.44. The molecule has 0 aliphatic heterocycles. The van der Waals surface area contributed by atoms with Gasteiger partial charge in [-0.15, -0.1) is 0 Å². The van der Waals surface area contributed by atoms with E-state index in [1.54, 1.807) is 6.20 Å². The van der Waals surface area contributed by atoms with Crippen molar-refractivity contribution in [2.75, 3.05) is 0 Å². The van der Waals surface area contributed by atoms with Crippen LogP contribution in [0.5, 0.6) is 0 Å². The van der Waals surface area contributed by atoms with Crippen molar-refractivity contribution in [2.24, 2.45) is 0 Å². The molecule has 0 amide bonds. The Labute approximate surface area is 115 Å². The number of benzene rings is 1. The van der Waals surface area contributed by atoms with Crippen LogP contribution in [0.25, 0.3) is 27.7 Å². The second-order valence-corrected chi connectivity index (χ2v) is 4.64. The number of hydrogen-bond acceptors (Lipinski definition) is 2. The second kappa shape index (κ2) is 4.35. The Bertz CT molecular complexity index is 845. The summed E-state index contributed by atoms with van der Waals surface area (Å²) in [5.74, 6) is 0. The Balaban J connectivity index is 2.04. The average Bonchev–Trinajstić information content (AvgIpc) is 3.17. The van der Waals surface area contributed by atoms with Gasteiger partial charge in [0.2, 0.25) is 0 Å². The molecule has 1 N–H and O–H groups in total. The molecule has 1 aromatic carbocycles. The van der Waals surface area contributed by atoms with Gasteiger partial charge < -0.3 is 9.55 Å². The molecule has 0 radical (unpaired) electrons. The van der Waals surface area contributed by atoms with Crippen LogP contribution in [-0.4, -0.2) is 19.5 Å². The van der Waals surface area contributed by atoms with Gasteiger partial charge in [-0.05, 0) is 35.9 Å². The molecule has 0 saturated carbocycles. The van der Waals surface area contributed by atoms with Crippen molar-refractivity contribution in [1.29, 1.82) is 0 Å². The Morgan fingerprint density at radius 3 is 2.65 bits per heavy atom. The number of H-pyrrole nitrogens is 1. The monoisotopic (exact) mass is 260 g/mol. The van der Waals surface area contributed by atoms with E-state index in [9.17, 15) is 0 Å². The Morgan fingerprint density at radius 1 is 0.950 bits per heavy atom. The van der Waals surface area contributed by atoms with Crippen LogP contribution < -0.4 is 0 Å². The number of nitrogens with one attached hydrogen (secondary N) is 1. The van der Waals surface area contributed by atoms with Crippen molar-refractivity contribution < 1.29 is 0 Å². The van der Waals surface area contributed by atoms with Crippen LogP contribution in [0.2, 0.25) is 0 Å². The minimum absolute atomic E-state index is 1.11. The summed E-state index contributed by atoms with van der Waals surface area (Å²) in [7, 11) is 0. The highest BCUT2D eigenvalue weighted by Gasteiger charge is 2.09. The minimum atomic E-state index is 1.11. The zero-order valence-corrected chi connectivity index (χ0v) is 10.7. The van der Waals surface area contributed by atoms with Crippen LogP contribution in [-0.2, 0) is 0 Å². The maximum absolute atomic E-state index is 4.14. The van der Waals surface area contributed by atoms with Crippen LogP contribution in [0.4, 0.5) is 0 Å². The molecule has 0 spiro atoms. The van der Waals surface area contributed by atoms with E-state index in [0.717, 1.165) is 22.3 Å². The second-order valence-electron chi connectivity index (χ2n) is 4.64. The smallest absolute Gasteiger partial charge is 0.0991 e. The van der Waals surface area contributed by atoms with E-state index in [-0.39, 0.29) is 0 Å². The molecule has 0 bridgehead atoms. The number of pyridine rings is 1. The van der Waals surface area contributed by atoms with E-state index in [2.05, 4.69) is 33.2 Å². The molecule has 4 nitrogen and oxygen atoms in total. The Kier molecular flexibility index (Phi) is 2.39. The predicted octanol–water partition coefficient (Wildman–Crippen LogP) is 3.42. The fourth-order valence-corrected chi connectivity index (χ4v) is 2.47. The third kappa shape index (κ3) is 1.70. The topological polar surface area (TPSA) is 46.5 Å². The molecule has 20 heavy (non-hydrogen) atoms. The molecule has 4 heteroatoms. The molecule has 0 unspecified atom stereocenters. The van der Waals surface area contributed by atoms with Gasteiger partial charge in [0.15, 0.2) is 0 Å². The lowest BCUT2D eigenvalue weighted by Crippen LogP contribution is -1.94. The van der Waals surface area contributed by atoms with Crippen molar-refractivity contribution in [3.05, 3.63) is 67.6 Å². The van der Waals surface area contributed by atoms with E-state index in [1.807, 2.05) is 47.8 Å². The highest BCUT2D eigenvalue weighted by molar-refractivity contribution is 5.89. The lowest BCUT2D eigenvalue weighted by Gasteiger charge is -2.11. The van der Waals surface area contributed by atoms with Gasteiger partial charge in [-0.1, -0.05) is 0 Å². The fraction of sp³-hybridized carbons (Fsp3) is 0. The number of rotatable bonds is 2. The third-order valence-corrected chi connectivity index (χ3v) is 3.44. The standard InChI is InChI=1S/C16H12N4/c1-4-17-5-2-12(1)14-10-15-13(3-6-19-15)9-16(14)20-8-7-18-11-20/h1-11,19H. The molecule has 96 valence electrons. The normalized spacial score (nSPS) is 11.0. The summed E-state index contributed by atoms with van der Waals surface area (Å²) in [5.41, 5.74) is 4.53. The molecule has 0 aliphatic carbocycles. The summed E-state index contributed by atoms with van der Waals surface area (Å²) in [6, 6.07) is 10.4. The van der Waals surface area contributed by atoms with E-state index in [0.29, 0.717) is 0 Å². The minimum Gasteiger partial charge on any atom is -0.361 e. The number of aromatic nitrogens is 4. The van der Waals surface area contributed by atoms with E-state index in [4.69, 9.17) is 0 Å². The number of aromatic amines is 1. The zero-order chi connectivity index (χ0) is 13.4. The predicted molar refractivity (Wildman–Crippen MR) is 78.7 cm³/mol. The van der Waals surface area contributed by atoms with Crippen LogP contribution in [0.3, 0.4) is 0 Å². The van der Waals surface area contributed by atoms with Gasteiger partial charge in [0.1, 0.15) is 0 Å². The molecule has 3 aromatic heterocycles. The van der Waals surface area contributed by atoms with E-state index in [1.165, 1.54) is 5.39 Å². The van der Waals surface area contributed by atoms with Crippen molar-refractivity contribution in [3.63, 3.8) is 0 Å². The van der Waals surface area contributed by atoms with Crippen molar-refractivity contribution in [2.45, 2.75) is 0 Å². The first-order valence-corrected chi connectivity index (χ1v) is 6.42. The first-order chi connectivity index (χ1) is 9.92. The summed E-state index contributed by atoms with van der Waals surface area (Å²) >= 11 is 0. The van der Waals surface area contributed by atoms with Gasteiger partial charge in [-0.25, -0.2) is 4.98 Å². The van der Waals surface area contributed by atoms with Crippen molar-refractivity contribution in [1.82, 2.24) is 19.5 Å². The van der Waals surface area contributed by atoms with Crippen LogP contribution in [0.15, 0.2) is 67.6 Å². The van der Waals surface area contributed by atoms with E-state index >= 15 is 0 Å². The van der Waals surface area contributed by atoms with Gasteiger partial charge in [0, 0.05) is 47.5 Å². The molecular formula is C16H12N4. The maximum Gasteiger partial charge on any atom is 0.0991 e. The zero-order valence-electron chi connectivity index (χ0n) is 10.7. The fourth-order valence-electron chi connectivity index (χ4n) is 2.47. The average molecular weight is 260 g/mol. The molecule has 0 fully saturated rings. The Hall–Kier alpha value is -2.88. The van der Waals surface area contributed by atoms with Crippen molar-refractivity contribution >= 4 is 10.9 Å². The first-order valence-electron chi connectivity index (χ1n) is 6.42. The summed E-state index contributed by atoms with van der Waals surface area (Å²) in [4.78, 5) is 11.5. The van der Waals surface area contributed by atoms with Gasteiger partial charge in [-0.3, -0.25) is 4.98 Å². The lowest BCUT2D eigenvalue weighted by molar-refractivity contribution is 1.06. The summed E-state index contributed by atoms with van der Waals surface area (Å²) in [5, 5.41) is 1.19. The van der Waals surface area contributed by atoms with E-state index < -0.39 is 0 Å².